The molecule has 0 saturated heterocycles. The predicted molar refractivity (Wildman–Crippen MR) is 86.4 cm³/mol. The van der Waals surface area contributed by atoms with Crippen LogP contribution < -0.4 is 0 Å². The van der Waals surface area contributed by atoms with Gasteiger partial charge in [-0.25, -0.2) is 4.68 Å². The van der Waals surface area contributed by atoms with Gasteiger partial charge in [0.25, 0.3) is 0 Å². The third-order valence-corrected chi connectivity index (χ3v) is 3.92. The topological polar surface area (TPSA) is 61.0 Å². The first kappa shape index (κ1) is 16.0. The van der Waals surface area contributed by atoms with Crippen molar-refractivity contribution in [2.45, 2.75) is 33.1 Å². The van der Waals surface area contributed by atoms with Gasteiger partial charge in [0.15, 0.2) is 0 Å². The smallest absolute Gasteiger partial charge is 0.258 e. The summed E-state index contributed by atoms with van der Waals surface area (Å²) in [6.07, 6.45) is 0. The van der Waals surface area contributed by atoms with Gasteiger partial charge in [-0.2, -0.15) is 5.10 Å². The molecule has 5 nitrogen and oxygen atoms in total. The van der Waals surface area contributed by atoms with Crippen molar-refractivity contribution in [3.8, 4) is 5.69 Å². The van der Waals surface area contributed by atoms with Crippen molar-refractivity contribution >= 4 is 33.2 Å². The molecule has 0 amide bonds. The van der Waals surface area contributed by atoms with Crippen LogP contribution in [0.15, 0.2) is 22.7 Å². The summed E-state index contributed by atoms with van der Waals surface area (Å²) >= 11 is 9.62. The van der Waals surface area contributed by atoms with E-state index in [9.17, 15) is 10.1 Å². The minimum absolute atomic E-state index is 0.0235. The summed E-state index contributed by atoms with van der Waals surface area (Å²) in [5.41, 5.74) is 1.41. The zero-order chi connectivity index (χ0) is 15.9. The van der Waals surface area contributed by atoms with Gasteiger partial charge in [-0.1, -0.05) is 48.3 Å². The molecule has 0 atom stereocenters. The highest BCUT2D eigenvalue weighted by atomic mass is 79.9. The van der Waals surface area contributed by atoms with Crippen molar-refractivity contribution in [3.63, 3.8) is 0 Å². The quantitative estimate of drug-likeness (QED) is 0.562. The van der Waals surface area contributed by atoms with E-state index in [0.29, 0.717) is 5.69 Å². The van der Waals surface area contributed by atoms with Gasteiger partial charge in [0, 0.05) is 9.89 Å². The van der Waals surface area contributed by atoms with Crippen molar-refractivity contribution in [2.75, 3.05) is 0 Å². The predicted octanol–water partition coefficient (Wildman–Crippen LogP) is 4.80. The number of benzene rings is 1. The molecule has 112 valence electrons. The van der Waals surface area contributed by atoms with E-state index in [0.717, 1.165) is 15.7 Å². The van der Waals surface area contributed by atoms with Crippen molar-refractivity contribution in [1.29, 1.82) is 0 Å². The maximum atomic E-state index is 11.3. The molecule has 0 aliphatic rings. The number of rotatable bonds is 2. The first-order chi connectivity index (χ1) is 9.62. The molecule has 1 aromatic carbocycles. The summed E-state index contributed by atoms with van der Waals surface area (Å²) in [5, 5.41) is 15.7. The van der Waals surface area contributed by atoms with Crippen LogP contribution in [0.2, 0.25) is 5.15 Å². The largest absolute Gasteiger partial charge is 0.330 e. The van der Waals surface area contributed by atoms with Crippen LogP contribution in [0.3, 0.4) is 0 Å². The molecule has 0 N–H and O–H groups in total. The lowest BCUT2D eigenvalue weighted by molar-refractivity contribution is -0.385. The second-order valence-corrected chi connectivity index (χ2v) is 7.11. The number of nitrogens with zero attached hydrogens (tertiary/aromatic N) is 3. The Morgan fingerprint density at radius 1 is 1.38 bits per heavy atom. The Bertz CT molecular complexity index is 720. The fraction of sp³-hybridized carbons (Fsp3) is 0.357. The van der Waals surface area contributed by atoms with Crippen LogP contribution in [0.1, 0.15) is 32.0 Å². The third-order valence-electron chi connectivity index (χ3n) is 3.09. The summed E-state index contributed by atoms with van der Waals surface area (Å²) in [5.74, 6) is 0. The molecule has 0 unspecified atom stereocenters. The Kier molecular flexibility index (Phi) is 4.13. The standard InChI is InChI=1S/C14H15BrClN3O2/c1-8-7-9(15)5-6-10(8)18-13(16)11(19(20)21)12(17-18)14(2,3)4/h5-7H,1-4H3. The van der Waals surface area contributed by atoms with Crippen LogP contribution in [0.25, 0.3) is 5.69 Å². The molecule has 0 fully saturated rings. The minimum Gasteiger partial charge on any atom is -0.258 e. The van der Waals surface area contributed by atoms with Crippen LogP contribution in [0, 0.1) is 17.0 Å². The number of halogens is 2. The number of aromatic nitrogens is 2. The number of hydrogen-bond acceptors (Lipinski definition) is 3. The molecule has 2 aromatic rings. The van der Waals surface area contributed by atoms with Crippen molar-refractivity contribution in [3.05, 3.63) is 49.2 Å². The molecule has 2 rings (SSSR count). The normalized spacial score (nSPS) is 11.7. The molecule has 1 aromatic heterocycles. The first-order valence-electron chi connectivity index (χ1n) is 6.33. The Morgan fingerprint density at radius 2 is 2.00 bits per heavy atom. The van der Waals surface area contributed by atoms with Crippen molar-refractivity contribution in [2.24, 2.45) is 0 Å². The lowest BCUT2D eigenvalue weighted by Crippen LogP contribution is -2.14. The van der Waals surface area contributed by atoms with Gasteiger partial charge in [-0.15, -0.1) is 0 Å². The highest BCUT2D eigenvalue weighted by Gasteiger charge is 2.34. The van der Waals surface area contributed by atoms with Crippen LogP contribution in [-0.4, -0.2) is 14.7 Å². The van der Waals surface area contributed by atoms with Crippen molar-refractivity contribution < 1.29 is 4.92 Å². The van der Waals surface area contributed by atoms with Gasteiger partial charge in [-0.05, 0) is 30.7 Å². The second-order valence-electron chi connectivity index (χ2n) is 5.84. The summed E-state index contributed by atoms with van der Waals surface area (Å²) < 4.78 is 2.36. The van der Waals surface area contributed by atoms with Gasteiger partial charge in [-0.3, -0.25) is 10.1 Å². The SMILES string of the molecule is Cc1cc(Br)ccc1-n1nc(C(C)(C)C)c([N+](=O)[O-])c1Cl. The minimum atomic E-state index is -0.472. The zero-order valence-electron chi connectivity index (χ0n) is 12.1. The van der Waals surface area contributed by atoms with E-state index >= 15 is 0 Å². The van der Waals surface area contributed by atoms with Crippen molar-refractivity contribution in [1.82, 2.24) is 9.78 Å². The molecule has 0 aliphatic heterocycles. The Morgan fingerprint density at radius 3 is 2.43 bits per heavy atom. The molecule has 21 heavy (non-hydrogen) atoms. The monoisotopic (exact) mass is 371 g/mol. The molecule has 0 radical (unpaired) electrons. The van der Waals surface area contributed by atoms with Crippen LogP contribution in [0.5, 0.6) is 0 Å². The second kappa shape index (κ2) is 5.42. The Hall–Kier alpha value is -1.40. The van der Waals surface area contributed by atoms with E-state index in [1.54, 1.807) is 0 Å². The van der Waals surface area contributed by atoms with Gasteiger partial charge in [0.05, 0.1) is 10.6 Å². The molecule has 0 bridgehead atoms. The zero-order valence-corrected chi connectivity index (χ0v) is 14.5. The van der Waals surface area contributed by atoms with E-state index in [1.807, 2.05) is 45.9 Å². The van der Waals surface area contributed by atoms with E-state index in [2.05, 4.69) is 21.0 Å². The van der Waals surface area contributed by atoms with Crippen LogP contribution in [-0.2, 0) is 5.41 Å². The van der Waals surface area contributed by atoms with Gasteiger partial charge in [0.1, 0.15) is 5.69 Å². The number of nitro groups is 1. The summed E-state index contributed by atoms with van der Waals surface area (Å²) in [6.45, 7) is 7.52. The maximum absolute atomic E-state index is 11.3. The average Bonchev–Trinajstić information content (AvgIpc) is 2.67. The number of hydrogen-bond donors (Lipinski definition) is 0. The molecule has 7 heteroatoms. The summed E-state index contributed by atoms with van der Waals surface area (Å²) in [7, 11) is 0. The number of aryl methyl sites for hydroxylation is 1. The lowest BCUT2D eigenvalue weighted by Gasteiger charge is -2.13. The molecular formula is C14H15BrClN3O2. The van der Waals surface area contributed by atoms with Crippen LogP contribution >= 0.6 is 27.5 Å². The van der Waals surface area contributed by atoms with E-state index < -0.39 is 10.3 Å². The Labute approximate surface area is 136 Å². The highest BCUT2D eigenvalue weighted by molar-refractivity contribution is 9.10. The van der Waals surface area contributed by atoms with Gasteiger partial charge >= 0.3 is 5.69 Å². The fourth-order valence-corrected chi connectivity index (χ4v) is 2.84. The van der Waals surface area contributed by atoms with Crippen LogP contribution in [0.4, 0.5) is 5.69 Å². The Balaban J connectivity index is 2.74. The highest BCUT2D eigenvalue weighted by Crippen LogP contribution is 2.37. The average molecular weight is 373 g/mol. The van der Waals surface area contributed by atoms with Gasteiger partial charge in [0.2, 0.25) is 5.15 Å². The van der Waals surface area contributed by atoms with E-state index in [1.165, 1.54) is 4.68 Å². The summed E-state index contributed by atoms with van der Waals surface area (Å²) in [4.78, 5) is 10.9. The first-order valence-corrected chi connectivity index (χ1v) is 7.50. The molecule has 0 spiro atoms. The lowest BCUT2D eigenvalue weighted by atomic mass is 9.91. The molecular weight excluding hydrogens is 358 g/mol. The summed E-state index contributed by atoms with van der Waals surface area (Å²) in [6, 6.07) is 5.59. The maximum Gasteiger partial charge on any atom is 0.330 e. The van der Waals surface area contributed by atoms with E-state index in [4.69, 9.17) is 11.6 Å². The third kappa shape index (κ3) is 2.96. The van der Waals surface area contributed by atoms with Gasteiger partial charge < -0.3 is 0 Å². The fourth-order valence-electron chi connectivity index (χ4n) is 2.07. The molecule has 0 saturated carbocycles. The molecule has 0 aliphatic carbocycles. The van der Waals surface area contributed by atoms with E-state index in [-0.39, 0.29) is 10.8 Å². The molecule has 1 heterocycles.